The molecule has 2 aromatic heterocycles. The van der Waals surface area contributed by atoms with E-state index >= 15 is 0 Å². The van der Waals surface area contributed by atoms with Crippen LogP contribution in [0.5, 0.6) is 0 Å². The zero-order valence-electron chi connectivity index (χ0n) is 16.4. The van der Waals surface area contributed by atoms with Gasteiger partial charge in [-0.15, -0.1) is 0 Å². The number of nitrogens with zero attached hydrogens (tertiary/aromatic N) is 3. The van der Waals surface area contributed by atoms with Crippen LogP contribution in [0.15, 0.2) is 60.7 Å². The largest absolute Gasteiger partial charge is 0.326 e. The van der Waals surface area contributed by atoms with E-state index in [4.69, 9.17) is 0 Å². The van der Waals surface area contributed by atoms with Gasteiger partial charge in [-0.3, -0.25) is 19.7 Å². The van der Waals surface area contributed by atoms with Crippen LogP contribution in [0.4, 0.5) is 16.4 Å². The van der Waals surface area contributed by atoms with Gasteiger partial charge in [0.05, 0.1) is 20.8 Å². The molecule has 0 unspecified atom stereocenters. The van der Waals surface area contributed by atoms with Crippen LogP contribution in [0.25, 0.3) is 21.7 Å². The summed E-state index contributed by atoms with van der Waals surface area (Å²) in [5.41, 5.74) is 2.66. The third kappa shape index (κ3) is 4.43. The number of benzene rings is 2. The standard InChI is InChI=1S/C21H17N5O4S/c1-13(27)22-14-6-8-15(9-7-14)23-19(28)12-25-17-5-3-2-4-16(17)24-21(25)18-10-11-20(31-18)26(29)30/h2-11H,12H2,1H3,(H,22,27)(H,23,28). The Morgan fingerprint density at radius 3 is 2.35 bits per heavy atom. The van der Waals surface area contributed by atoms with Crippen molar-refractivity contribution in [3.8, 4) is 10.7 Å². The molecule has 0 saturated carbocycles. The second-order valence-corrected chi connectivity index (χ2v) is 7.77. The van der Waals surface area contributed by atoms with Crippen LogP contribution in [0.2, 0.25) is 0 Å². The van der Waals surface area contributed by atoms with Crippen molar-refractivity contribution >= 4 is 50.6 Å². The molecule has 4 rings (SSSR count). The Kier molecular flexibility index (Phi) is 5.46. The minimum atomic E-state index is -0.446. The molecule has 0 radical (unpaired) electrons. The molecule has 0 bridgehead atoms. The van der Waals surface area contributed by atoms with E-state index in [-0.39, 0.29) is 23.4 Å². The highest BCUT2D eigenvalue weighted by Gasteiger charge is 2.19. The summed E-state index contributed by atoms with van der Waals surface area (Å²) < 4.78 is 1.74. The number of fused-ring (bicyclic) bond motifs is 1. The van der Waals surface area contributed by atoms with Crippen molar-refractivity contribution in [3.63, 3.8) is 0 Å². The highest BCUT2D eigenvalue weighted by Crippen LogP contribution is 2.34. The summed E-state index contributed by atoms with van der Waals surface area (Å²) in [5, 5.41) is 16.6. The van der Waals surface area contributed by atoms with E-state index in [2.05, 4.69) is 15.6 Å². The van der Waals surface area contributed by atoms with Gasteiger partial charge in [0, 0.05) is 24.4 Å². The number of nitro groups is 1. The van der Waals surface area contributed by atoms with Gasteiger partial charge in [-0.25, -0.2) is 4.98 Å². The summed E-state index contributed by atoms with van der Waals surface area (Å²) in [6.45, 7) is 1.40. The number of rotatable bonds is 6. The molecule has 10 heteroatoms. The van der Waals surface area contributed by atoms with E-state index < -0.39 is 4.92 Å². The number of amides is 2. The topological polar surface area (TPSA) is 119 Å². The van der Waals surface area contributed by atoms with Gasteiger partial charge in [-0.05, 0) is 42.5 Å². The third-order valence-electron chi connectivity index (χ3n) is 4.44. The fraction of sp³-hybridized carbons (Fsp3) is 0.0952. The first-order valence-corrected chi connectivity index (χ1v) is 10.1. The molecule has 0 spiro atoms. The first kappa shape index (κ1) is 20.2. The smallest absolute Gasteiger partial charge is 0.324 e. The fourth-order valence-electron chi connectivity index (χ4n) is 3.15. The van der Waals surface area contributed by atoms with Crippen LogP contribution in [-0.4, -0.2) is 26.3 Å². The van der Waals surface area contributed by atoms with Crippen LogP contribution in [0.3, 0.4) is 0 Å². The number of carbonyl (C=O) groups excluding carboxylic acids is 2. The van der Waals surface area contributed by atoms with Crippen molar-refractivity contribution in [1.82, 2.24) is 9.55 Å². The van der Waals surface area contributed by atoms with Crippen molar-refractivity contribution in [3.05, 3.63) is 70.8 Å². The molecule has 0 aliphatic heterocycles. The SMILES string of the molecule is CC(=O)Nc1ccc(NC(=O)Cn2c(-c3ccc([N+](=O)[O-])s3)nc3ccccc32)cc1. The lowest BCUT2D eigenvalue weighted by Gasteiger charge is -2.10. The molecule has 0 fully saturated rings. The lowest BCUT2D eigenvalue weighted by molar-refractivity contribution is -0.380. The second kappa shape index (κ2) is 8.36. The molecule has 2 N–H and O–H groups in total. The molecule has 4 aromatic rings. The first-order chi connectivity index (χ1) is 14.9. The van der Waals surface area contributed by atoms with Gasteiger partial charge in [0.2, 0.25) is 11.8 Å². The minimum absolute atomic E-state index is 0.0114. The van der Waals surface area contributed by atoms with E-state index in [0.29, 0.717) is 27.6 Å². The minimum Gasteiger partial charge on any atom is -0.326 e. The van der Waals surface area contributed by atoms with Crippen LogP contribution in [-0.2, 0) is 16.1 Å². The highest BCUT2D eigenvalue weighted by atomic mass is 32.1. The van der Waals surface area contributed by atoms with Crippen LogP contribution in [0.1, 0.15) is 6.92 Å². The zero-order chi connectivity index (χ0) is 22.0. The molecule has 0 aliphatic carbocycles. The predicted molar refractivity (Wildman–Crippen MR) is 119 cm³/mol. The monoisotopic (exact) mass is 435 g/mol. The maximum Gasteiger partial charge on any atom is 0.324 e. The summed E-state index contributed by atoms with van der Waals surface area (Å²) in [4.78, 5) is 39.7. The summed E-state index contributed by atoms with van der Waals surface area (Å²) in [6.07, 6.45) is 0. The summed E-state index contributed by atoms with van der Waals surface area (Å²) in [5.74, 6) is 0.0447. The predicted octanol–water partition coefficient (Wildman–Crippen LogP) is 4.27. The molecule has 0 saturated heterocycles. The molecular formula is C21H17N5O4S. The third-order valence-corrected chi connectivity index (χ3v) is 5.47. The van der Waals surface area contributed by atoms with Gasteiger partial charge in [0.15, 0.2) is 5.82 Å². The van der Waals surface area contributed by atoms with Crippen LogP contribution in [0, 0.1) is 10.1 Å². The van der Waals surface area contributed by atoms with Gasteiger partial charge in [0.25, 0.3) is 0 Å². The Morgan fingerprint density at radius 1 is 1.03 bits per heavy atom. The molecule has 2 amide bonds. The summed E-state index contributed by atoms with van der Waals surface area (Å²) >= 11 is 1.01. The number of thiophene rings is 1. The molecular weight excluding hydrogens is 418 g/mol. The normalized spacial score (nSPS) is 10.7. The Hall–Kier alpha value is -4.05. The number of imidazole rings is 1. The van der Waals surface area contributed by atoms with Gasteiger partial charge < -0.3 is 15.2 Å². The molecule has 156 valence electrons. The second-order valence-electron chi connectivity index (χ2n) is 6.71. The van der Waals surface area contributed by atoms with Gasteiger partial charge in [-0.1, -0.05) is 23.5 Å². The van der Waals surface area contributed by atoms with E-state index in [1.54, 1.807) is 34.9 Å². The van der Waals surface area contributed by atoms with Crippen LogP contribution < -0.4 is 10.6 Å². The Bertz CT molecular complexity index is 1290. The van der Waals surface area contributed by atoms with E-state index in [1.807, 2.05) is 24.3 Å². The summed E-state index contributed by atoms with van der Waals surface area (Å²) in [6, 6.07) is 17.2. The molecule has 0 atom stereocenters. The number of hydrogen-bond donors (Lipinski definition) is 2. The van der Waals surface area contributed by atoms with Gasteiger partial charge in [0.1, 0.15) is 6.54 Å². The van der Waals surface area contributed by atoms with Gasteiger partial charge >= 0.3 is 5.00 Å². The number of nitrogens with one attached hydrogen (secondary N) is 2. The molecule has 9 nitrogen and oxygen atoms in total. The number of anilines is 2. The fourth-order valence-corrected chi connectivity index (χ4v) is 3.97. The quantitative estimate of drug-likeness (QED) is 0.346. The van der Waals surface area contributed by atoms with E-state index in [1.165, 1.54) is 13.0 Å². The summed E-state index contributed by atoms with van der Waals surface area (Å²) in [7, 11) is 0. The molecule has 2 heterocycles. The van der Waals surface area contributed by atoms with E-state index in [0.717, 1.165) is 16.9 Å². The number of carbonyl (C=O) groups is 2. The van der Waals surface area contributed by atoms with Crippen molar-refractivity contribution in [1.29, 1.82) is 0 Å². The van der Waals surface area contributed by atoms with Crippen molar-refractivity contribution in [2.75, 3.05) is 10.6 Å². The molecule has 0 aliphatic rings. The Balaban J connectivity index is 1.60. The zero-order valence-corrected chi connectivity index (χ0v) is 17.2. The molecule has 31 heavy (non-hydrogen) atoms. The maximum absolute atomic E-state index is 12.7. The van der Waals surface area contributed by atoms with Crippen LogP contribution >= 0.6 is 11.3 Å². The van der Waals surface area contributed by atoms with Crippen molar-refractivity contribution in [2.24, 2.45) is 0 Å². The number of aromatic nitrogens is 2. The van der Waals surface area contributed by atoms with Crippen molar-refractivity contribution < 1.29 is 14.5 Å². The maximum atomic E-state index is 12.7. The number of para-hydroxylation sites is 2. The first-order valence-electron chi connectivity index (χ1n) is 9.28. The number of hydrogen-bond acceptors (Lipinski definition) is 6. The van der Waals surface area contributed by atoms with Gasteiger partial charge in [-0.2, -0.15) is 0 Å². The van der Waals surface area contributed by atoms with Crippen molar-refractivity contribution in [2.45, 2.75) is 13.5 Å². The molecule has 2 aromatic carbocycles. The average Bonchev–Trinajstić information content (AvgIpc) is 3.35. The average molecular weight is 435 g/mol. The highest BCUT2D eigenvalue weighted by molar-refractivity contribution is 7.18. The lowest BCUT2D eigenvalue weighted by atomic mass is 10.2. The van der Waals surface area contributed by atoms with E-state index in [9.17, 15) is 19.7 Å². The Labute approximate surface area is 180 Å². The lowest BCUT2D eigenvalue weighted by Crippen LogP contribution is -2.19. The Morgan fingerprint density at radius 2 is 1.71 bits per heavy atom.